The van der Waals surface area contributed by atoms with E-state index in [1.165, 1.54) is 12.3 Å². The Kier molecular flexibility index (Phi) is 4.82. The van der Waals surface area contributed by atoms with E-state index in [-0.39, 0.29) is 4.68 Å². The number of alkyl halides is 3. The summed E-state index contributed by atoms with van der Waals surface area (Å²) in [5.41, 5.74) is -1.30. The minimum absolute atomic E-state index is 0.107. The summed E-state index contributed by atoms with van der Waals surface area (Å²) in [6.07, 6.45) is -7.59. The van der Waals surface area contributed by atoms with E-state index in [1.54, 1.807) is 0 Å². The standard InChI is InChI=1S/C12H14F3N3O6/c1-5-8(21)6(4-19)24-9(5)17-3-2-7(20)18(11(17)23)16-10(22)12(13,14)15/h2-3,5-6,8-9,19,21H,4H2,1H3,(H,16,22)/t5?,6-,8?,9-/m0/s1. The lowest BCUT2D eigenvalue weighted by Crippen LogP contribution is -2.50. The molecule has 0 aromatic carbocycles. The molecule has 1 fully saturated rings. The average molecular weight is 353 g/mol. The van der Waals surface area contributed by atoms with Crippen LogP contribution in [0.5, 0.6) is 0 Å². The van der Waals surface area contributed by atoms with Gasteiger partial charge >= 0.3 is 17.8 Å². The molecule has 1 saturated heterocycles. The van der Waals surface area contributed by atoms with Crippen LogP contribution in [0.3, 0.4) is 0 Å². The fourth-order valence-corrected chi connectivity index (χ4v) is 2.31. The second kappa shape index (κ2) is 6.37. The van der Waals surface area contributed by atoms with Gasteiger partial charge in [0.25, 0.3) is 5.56 Å². The molecule has 134 valence electrons. The Bertz CT molecular complexity index is 743. The van der Waals surface area contributed by atoms with Crippen molar-refractivity contribution in [1.82, 2.24) is 9.24 Å². The van der Waals surface area contributed by atoms with Crippen LogP contribution in [0.4, 0.5) is 13.2 Å². The van der Waals surface area contributed by atoms with Crippen LogP contribution in [-0.2, 0) is 9.53 Å². The molecule has 0 aliphatic carbocycles. The molecular weight excluding hydrogens is 339 g/mol. The topological polar surface area (TPSA) is 123 Å². The predicted octanol–water partition coefficient (Wildman–Crippen LogP) is -1.47. The first-order valence-electron chi connectivity index (χ1n) is 6.74. The minimum Gasteiger partial charge on any atom is -0.394 e. The number of aromatic nitrogens is 2. The lowest BCUT2D eigenvalue weighted by atomic mass is 10.0. The Labute approximate surface area is 131 Å². The molecule has 2 unspecified atom stereocenters. The molecule has 4 atom stereocenters. The number of carbonyl (C=O) groups is 1. The van der Waals surface area contributed by atoms with Crippen LogP contribution in [0.25, 0.3) is 0 Å². The highest BCUT2D eigenvalue weighted by Gasteiger charge is 2.43. The summed E-state index contributed by atoms with van der Waals surface area (Å²) in [7, 11) is 0. The van der Waals surface area contributed by atoms with Crippen molar-refractivity contribution >= 4 is 5.91 Å². The van der Waals surface area contributed by atoms with Crippen molar-refractivity contribution in [3.05, 3.63) is 33.1 Å². The van der Waals surface area contributed by atoms with E-state index in [9.17, 15) is 32.7 Å². The van der Waals surface area contributed by atoms with Crippen LogP contribution in [0.2, 0.25) is 0 Å². The maximum Gasteiger partial charge on any atom is 0.472 e. The first-order valence-corrected chi connectivity index (χ1v) is 6.74. The first-order chi connectivity index (χ1) is 11.1. The molecular formula is C12H14F3N3O6. The fourth-order valence-electron chi connectivity index (χ4n) is 2.31. The maximum absolute atomic E-state index is 12.3. The normalized spacial score (nSPS) is 27.2. The Balaban J connectivity index is 2.41. The highest BCUT2D eigenvalue weighted by Crippen LogP contribution is 2.33. The van der Waals surface area contributed by atoms with Gasteiger partial charge in [-0.2, -0.15) is 17.8 Å². The monoisotopic (exact) mass is 353 g/mol. The maximum atomic E-state index is 12.3. The van der Waals surface area contributed by atoms with E-state index in [4.69, 9.17) is 9.84 Å². The molecule has 1 aliphatic rings. The Morgan fingerprint density at radius 3 is 2.54 bits per heavy atom. The lowest BCUT2D eigenvalue weighted by molar-refractivity contribution is -0.168. The van der Waals surface area contributed by atoms with Gasteiger partial charge in [0.15, 0.2) is 0 Å². The van der Waals surface area contributed by atoms with Crippen molar-refractivity contribution in [3.63, 3.8) is 0 Å². The second-order valence-corrected chi connectivity index (χ2v) is 5.22. The van der Waals surface area contributed by atoms with E-state index in [1.807, 2.05) is 0 Å². The van der Waals surface area contributed by atoms with E-state index >= 15 is 0 Å². The van der Waals surface area contributed by atoms with Gasteiger partial charge in [-0.05, 0) is 0 Å². The van der Waals surface area contributed by atoms with Crippen LogP contribution in [0, 0.1) is 5.92 Å². The highest BCUT2D eigenvalue weighted by molar-refractivity contribution is 5.88. The molecule has 9 nitrogen and oxygen atoms in total. The van der Waals surface area contributed by atoms with E-state index in [2.05, 4.69) is 0 Å². The third-order valence-corrected chi connectivity index (χ3v) is 3.62. The number of amides is 1. The van der Waals surface area contributed by atoms with E-state index in [0.29, 0.717) is 0 Å². The molecule has 0 spiro atoms. The summed E-state index contributed by atoms with van der Waals surface area (Å²) in [6, 6.07) is 0.757. The smallest absolute Gasteiger partial charge is 0.394 e. The Morgan fingerprint density at radius 2 is 2.04 bits per heavy atom. The van der Waals surface area contributed by atoms with Gasteiger partial charge in [0.2, 0.25) is 0 Å². The number of ether oxygens (including phenoxy) is 1. The Morgan fingerprint density at radius 1 is 1.42 bits per heavy atom. The quantitative estimate of drug-likeness (QED) is 0.610. The molecule has 1 aromatic rings. The zero-order chi connectivity index (χ0) is 18.2. The van der Waals surface area contributed by atoms with Crippen molar-refractivity contribution < 1.29 is 32.9 Å². The van der Waals surface area contributed by atoms with E-state index < -0.39 is 54.3 Å². The van der Waals surface area contributed by atoms with Gasteiger partial charge in [0, 0.05) is 18.2 Å². The molecule has 3 N–H and O–H groups in total. The number of nitrogens with one attached hydrogen (secondary N) is 1. The number of halogens is 3. The molecule has 2 heterocycles. The van der Waals surface area contributed by atoms with Crippen LogP contribution < -0.4 is 16.7 Å². The van der Waals surface area contributed by atoms with Gasteiger partial charge in [0.05, 0.1) is 12.7 Å². The molecule has 0 radical (unpaired) electrons. The number of hydrogen-bond donors (Lipinski definition) is 3. The van der Waals surface area contributed by atoms with Crippen LogP contribution in [-0.4, -0.2) is 50.4 Å². The summed E-state index contributed by atoms with van der Waals surface area (Å²) >= 11 is 0. The number of aliphatic hydroxyl groups excluding tert-OH is 2. The first kappa shape index (κ1) is 18.2. The molecule has 12 heteroatoms. The van der Waals surface area contributed by atoms with Gasteiger partial charge in [-0.1, -0.05) is 6.92 Å². The fraction of sp³-hybridized carbons (Fsp3) is 0.583. The van der Waals surface area contributed by atoms with Crippen LogP contribution in [0.1, 0.15) is 13.2 Å². The predicted molar refractivity (Wildman–Crippen MR) is 71.6 cm³/mol. The van der Waals surface area contributed by atoms with Crippen molar-refractivity contribution in [1.29, 1.82) is 0 Å². The van der Waals surface area contributed by atoms with Crippen molar-refractivity contribution in [3.8, 4) is 0 Å². The van der Waals surface area contributed by atoms with Crippen molar-refractivity contribution in [2.24, 2.45) is 5.92 Å². The number of hydrogen-bond acceptors (Lipinski definition) is 6. The summed E-state index contributed by atoms with van der Waals surface area (Å²) in [6.45, 7) is 0.947. The minimum atomic E-state index is -5.29. The van der Waals surface area contributed by atoms with Gasteiger partial charge in [-0.3, -0.25) is 14.2 Å². The van der Waals surface area contributed by atoms with E-state index in [0.717, 1.165) is 16.8 Å². The number of nitrogens with zero attached hydrogens (tertiary/aromatic N) is 2. The number of aliphatic hydroxyl groups is 2. The molecule has 2 rings (SSSR count). The molecule has 0 saturated carbocycles. The third-order valence-electron chi connectivity index (χ3n) is 3.62. The number of carbonyl (C=O) groups excluding carboxylic acids is 1. The SMILES string of the molecule is CC1C(O)[C@H](CO)O[C@@H]1n1ccc(=O)n(NC(=O)C(F)(F)F)c1=O. The molecule has 1 aliphatic heterocycles. The zero-order valence-electron chi connectivity index (χ0n) is 12.2. The highest BCUT2D eigenvalue weighted by atomic mass is 19.4. The summed E-state index contributed by atoms with van der Waals surface area (Å²) < 4.78 is 42.8. The van der Waals surface area contributed by atoms with Crippen LogP contribution in [0.15, 0.2) is 21.9 Å². The summed E-state index contributed by atoms with van der Waals surface area (Å²) in [5, 5.41) is 19.0. The summed E-state index contributed by atoms with van der Waals surface area (Å²) in [4.78, 5) is 34.7. The van der Waals surface area contributed by atoms with Gasteiger partial charge in [0.1, 0.15) is 12.3 Å². The van der Waals surface area contributed by atoms with Gasteiger partial charge < -0.3 is 14.9 Å². The number of rotatable bonds is 3. The molecule has 1 amide bonds. The largest absolute Gasteiger partial charge is 0.472 e. The average Bonchev–Trinajstić information content (AvgIpc) is 2.78. The van der Waals surface area contributed by atoms with Crippen LogP contribution >= 0.6 is 0 Å². The lowest BCUT2D eigenvalue weighted by Gasteiger charge is -2.19. The summed E-state index contributed by atoms with van der Waals surface area (Å²) in [5.74, 6) is -3.20. The van der Waals surface area contributed by atoms with Gasteiger partial charge in [-0.15, -0.1) is 0 Å². The second-order valence-electron chi connectivity index (χ2n) is 5.22. The molecule has 1 aromatic heterocycles. The van der Waals surface area contributed by atoms with Crippen molar-refractivity contribution in [2.75, 3.05) is 12.0 Å². The molecule has 0 bridgehead atoms. The molecule has 24 heavy (non-hydrogen) atoms. The third kappa shape index (κ3) is 3.20. The van der Waals surface area contributed by atoms with Gasteiger partial charge in [-0.25, -0.2) is 10.2 Å². The zero-order valence-corrected chi connectivity index (χ0v) is 12.2. The van der Waals surface area contributed by atoms with Crippen molar-refractivity contribution in [2.45, 2.75) is 31.5 Å². The Hall–Kier alpha value is -2.18.